The van der Waals surface area contributed by atoms with Crippen molar-refractivity contribution in [2.45, 2.75) is 37.5 Å². The number of imide groups is 1. The fourth-order valence-corrected chi connectivity index (χ4v) is 4.19. The van der Waals surface area contributed by atoms with Crippen LogP contribution in [0.2, 0.25) is 0 Å². The molecule has 1 aliphatic heterocycles. The summed E-state index contributed by atoms with van der Waals surface area (Å²) in [6.07, 6.45) is 3.41. The van der Waals surface area contributed by atoms with Crippen LogP contribution in [0.25, 0.3) is 0 Å². The van der Waals surface area contributed by atoms with Gasteiger partial charge in [0.2, 0.25) is 10.0 Å². The minimum Gasteiger partial charge on any atom is -0.452 e. The van der Waals surface area contributed by atoms with Crippen molar-refractivity contribution in [3.63, 3.8) is 0 Å². The van der Waals surface area contributed by atoms with Gasteiger partial charge >= 0.3 is 12.0 Å². The van der Waals surface area contributed by atoms with Crippen LogP contribution < -0.4 is 10.6 Å². The Balaban J connectivity index is 1.89. The van der Waals surface area contributed by atoms with E-state index in [9.17, 15) is 22.8 Å². The maximum atomic E-state index is 12.6. The van der Waals surface area contributed by atoms with Crippen molar-refractivity contribution in [2.24, 2.45) is 0 Å². The van der Waals surface area contributed by atoms with E-state index in [0.29, 0.717) is 19.6 Å². The highest BCUT2D eigenvalue weighted by Gasteiger charge is 2.26. The van der Waals surface area contributed by atoms with Gasteiger partial charge in [-0.15, -0.1) is 0 Å². The molecule has 154 valence electrons. The Morgan fingerprint density at radius 3 is 2.32 bits per heavy atom. The van der Waals surface area contributed by atoms with Crippen LogP contribution in [0.4, 0.5) is 4.79 Å². The number of nitrogens with one attached hydrogen (secondary N) is 2. The van der Waals surface area contributed by atoms with Gasteiger partial charge in [-0.25, -0.2) is 18.0 Å². The average Bonchev–Trinajstić information content (AvgIpc) is 2.71. The number of amides is 3. The second kappa shape index (κ2) is 10.2. The van der Waals surface area contributed by atoms with E-state index in [1.54, 1.807) is 0 Å². The summed E-state index contributed by atoms with van der Waals surface area (Å²) in [6, 6.07) is 4.71. The van der Waals surface area contributed by atoms with Crippen LogP contribution in [0.15, 0.2) is 29.2 Å². The van der Waals surface area contributed by atoms with Gasteiger partial charge in [-0.05, 0) is 43.5 Å². The molecule has 1 fully saturated rings. The molecule has 0 spiro atoms. The topological polar surface area (TPSA) is 122 Å². The van der Waals surface area contributed by atoms with Crippen molar-refractivity contribution >= 4 is 27.9 Å². The Bertz CT molecular complexity index is 801. The average molecular weight is 411 g/mol. The number of hydrogen-bond donors (Lipinski definition) is 2. The summed E-state index contributed by atoms with van der Waals surface area (Å²) in [5.41, 5.74) is 0.112. The van der Waals surface area contributed by atoms with Gasteiger partial charge in [0.25, 0.3) is 5.91 Å². The number of rotatable bonds is 7. The van der Waals surface area contributed by atoms with Crippen LogP contribution in [0.5, 0.6) is 0 Å². The molecular formula is C18H25N3O6S. The molecule has 0 aromatic heterocycles. The van der Waals surface area contributed by atoms with Crippen molar-refractivity contribution < 1.29 is 27.5 Å². The minimum atomic E-state index is -3.58. The Labute approximate surface area is 164 Å². The molecule has 0 aliphatic carbocycles. The molecular weight excluding hydrogens is 386 g/mol. The zero-order valence-electron chi connectivity index (χ0n) is 15.8. The molecule has 0 bridgehead atoms. The molecule has 9 nitrogen and oxygen atoms in total. The summed E-state index contributed by atoms with van der Waals surface area (Å²) >= 11 is 0. The molecule has 1 aliphatic rings. The largest absolute Gasteiger partial charge is 0.452 e. The summed E-state index contributed by atoms with van der Waals surface area (Å²) in [5, 5.41) is 4.49. The summed E-state index contributed by atoms with van der Waals surface area (Å²) in [7, 11) is -3.58. The molecule has 1 heterocycles. The quantitative estimate of drug-likeness (QED) is 0.651. The van der Waals surface area contributed by atoms with Gasteiger partial charge in [0.15, 0.2) is 6.61 Å². The minimum absolute atomic E-state index is 0.108. The molecule has 0 saturated carbocycles. The van der Waals surface area contributed by atoms with E-state index in [0.717, 1.165) is 25.7 Å². The van der Waals surface area contributed by atoms with Gasteiger partial charge in [-0.2, -0.15) is 4.31 Å². The van der Waals surface area contributed by atoms with Crippen molar-refractivity contribution in [1.82, 2.24) is 14.9 Å². The smallest absolute Gasteiger partial charge is 0.338 e. The molecule has 1 saturated heterocycles. The molecule has 28 heavy (non-hydrogen) atoms. The van der Waals surface area contributed by atoms with Crippen molar-refractivity contribution in [3.05, 3.63) is 29.8 Å². The van der Waals surface area contributed by atoms with E-state index in [-0.39, 0.29) is 10.5 Å². The van der Waals surface area contributed by atoms with Gasteiger partial charge < -0.3 is 10.1 Å². The fourth-order valence-electron chi connectivity index (χ4n) is 2.68. The highest BCUT2D eigenvalue weighted by Crippen LogP contribution is 2.21. The maximum Gasteiger partial charge on any atom is 0.338 e. The standard InChI is InChI=1S/C18H25N3O6S/c1-2-10-19-18(24)20-16(22)13-27-17(23)14-6-8-15(9-7-14)28(25,26)21-11-4-3-5-12-21/h6-9H,2-5,10-13H2,1H3,(H2,19,20,22,24). The molecule has 0 radical (unpaired) electrons. The molecule has 3 amide bonds. The zero-order valence-corrected chi connectivity index (χ0v) is 16.6. The lowest BCUT2D eigenvalue weighted by Crippen LogP contribution is -2.41. The number of ether oxygens (including phenoxy) is 1. The third-order valence-corrected chi connectivity index (χ3v) is 6.08. The number of carbonyl (C=O) groups excluding carboxylic acids is 3. The van der Waals surface area contributed by atoms with Gasteiger partial charge in [-0.1, -0.05) is 13.3 Å². The van der Waals surface area contributed by atoms with Gasteiger partial charge in [0, 0.05) is 19.6 Å². The summed E-state index contributed by atoms with van der Waals surface area (Å²) in [4.78, 5) is 35.0. The van der Waals surface area contributed by atoms with Crippen LogP contribution >= 0.6 is 0 Å². The number of piperidine rings is 1. The summed E-state index contributed by atoms with van der Waals surface area (Å²) in [5.74, 6) is -1.54. The number of urea groups is 1. The fraction of sp³-hybridized carbons (Fsp3) is 0.500. The van der Waals surface area contributed by atoms with Crippen LogP contribution in [0.3, 0.4) is 0 Å². The predicted octanol–water partition coefficient (Wildman–Crippen LogP) is 1.25. The summed E-state index contributed by atoms with van der Waals surface area (Å²) < 4.78 is 31.4. The Morgan fingerprint density at radius 1 is 1.07 bits per heavy atom. The maximum absolute atomic E-state index is 12.6. The molecule has 1 aromatic carbocycles. The second-order valence-corrected chi connectivity index (χ2v) is 8.31. The number of esters is 1. The van der Waals surface area contributed by atoms with E-state index in [4.69, 9.17) is 4.74 Å². The summed E-state index contributed by atoms with van der Waals surface area (Å²) in [6.45, 7) is 2.66. The number of nitrogens with zero attached hydrogens (tertiary/aromatic N) is 1. The first-order valence-electron chi connectivity index (χ1n) is 9.19. The number of hydrogen-bond acceptors (Lipinski definition) is 6. The van der Waals surface area contributed by atoms with Gasteiger partial charge in [0.05, 0.1) is 10.5 Å². The molecule has 0 unspecified atom stereocenters. The second-order valence-electron chi connectivity index (χ2n) is 6.37. The van der Waals surface area contributed by atoms with Crippen LogP contribution in [0, 0.1) is 0 Å². The van der Waals surface area contributed by atoms with E-state index in [1.807, 2.05) is 12.2 Å². The first-order chi connectivity index (χ1) is 13.3. The van der Waals surface area contributed by atoms with Crippen molar-refractivity contribution in [2.75, 3.05) is 26.2 Å². The predicted molar refractivity (Wildman–Crippen MR) is 101 cm³/mol. The molecule has 0 atom stereocenters. The van der Waals surface area contributed by atoms with Crippen LogP contribution in [-0.4, -0.2) is 56.9 Å². The monoisotopic (exact) mass is 411 g/mol. The number of carbonyl (C=O) groups is 3. The lowest BCUT2D eigenvalue weighted by molar-refractivity contribution is -0.123. The van der Waals surface area contributed by atoms with E-state index >= 15 is 0 Å². The van der Waals surface area contributed by atoms with Gasteiger partial charge in [0.1, 0.15) is 0 Å². The SMILES string of the molecule is CCCNC(=O)NC(=O)COC(=O)c1ccc(S(=O)(=O)N2CCCCC2)cc1. The number of sulfonamides is 1. The van der Waals surface area contributed by atoms with E-state index in [2.05, 4.69) is 5.32 Å². The Morgan fingerprint density at radius 2 is 1.71 bits per heavy atom. The normalized spacial score (nSPS) is 14.9. The first kappa shape index (κ1) is 21.8. The van der Waals surface area contributed by atoms with Gasteiger partial charge in [-0.3, -0.25) is 10.1 Å². The van der Waals surface area contributed by atoms with E-state index in [1.165, 1.54) is 28.6 Å². The van der Waals surface area contributed by atoms with Crippen LogP contribution in [0.1, 0.15) is 43.0 Å². The third kappa shape index (κ3) is 6.03. The Hall–Kier alpha value is -2.46. The first-order valence-corrected chi connectivity index (χ1v) is 10.6. The number of benzene rings is 1. The van der Waals surface area contributed by atoms with E-state index < -0.39 is 34.5 Å². The zero-order chi connectivity index (χ0) is 20.6. The molecule has 10 heteroatoms. The highest BCUT2D eigenvalue weighted by molar-refractivity contribution is 7.89. The van der Waals surface area contributed by atoms with Crippen molar-refractivity contribution in [1.29, 1.82) is 0 Å². The Kier molecular flexibility index (Phi) is 7.94. The highest BCUT2D eigenvalue weighted by atomic mass is 32.2. The molecule has 1 aromatic rings. The molecule has 2 N–H and O–H groups in total. The lowest BCUT2D eigenvalue weighted by Gasteiger charge is -2.25. The molecule has 2 rings (SSSR count). The third-order valence-electron chi connectivity index (χ3n) is 4.17. The van der Waals surface area contributed by atoms with Crippen LogP contribution in [-0.2, 0) is 19.6 Å². The lowest BCUT2D eigenvalue weighted by atomic mass is 10.2. The van der Waals surface area contributed by atoms with Crippen molar-refractivity contribution in [3.8, 4) is 0 Å².